The van der Waals surface area contributed by atoms with Crippen molar-refractivity contribution in [2.75, 3.05) is 0 Å². The number of hydrogen-bond donors (Lipinski definition) is 0. The van der Waals surface area contributed by atoms with Crippen molar-refractivity contribution < 1.29 is 0 Å². The maximum Gasteiger partial charge on any atom is 0.167 e. The topological polar surface area (TPSA) is 12.9 Å². The van der Waals surface area contributed by atoms with Crippen LogP contribution in [0.15, 0.2) is 0 Å². The minimum Gasteiger partial charge on any atom is -0.232 e. The summed E-state index contributed by atoms with van der Waals surface area (Å²) in [5.41, 5.74) is 1.25. The highest BCUT2D eigenvalue weighted by Gasteiger charge is 2.15. The Morgan fingerprint density at radius 3 is 3.10 bits per heavy atom. The molecule has 0 N–H and O–H groups in total. The number of terminal acetylenes is 1. The number of aryl methyl sites for hydroxylation is 2. The van der Waals surface area contributed by atoms with Crippen molar-refractivity contribution in [1.82, 2.24) is 4.98 Å². The first-order valence-corrected chi connectivity index (χ1v) is 4.17. The van der Waals surface area contributed by atoms with E-state index in [1.165, 1.54) is 23.4 Å². The van der Waals surface area contributed by atoms with Crippen LogP contribution in [0.1, 0.15) is 22.0 Å². The minimum atomic E-state index is 0.852. The zero-order chi connectivity index (χ0) is 6.97. The van der Waals surface area contributed by atoms with Crippen molar-refractivity contribution >= 4 is 11.3 Å². The number of nitrogens with zero attached hydrogens (tertiary/aromatic N) is 1. The van der Waals surface area contributed by atoms with E-state index in [-0.39, 0.29) is 0 Å². The van der Waals surface area contributed by atoms with Gasteiger partial charge in [0.1, 0.15) is 0 Å². The van der Waals surface area contributed by atoms with Gasteiger partial charge in [-0.15, -0.1) is 17.8 Å². The van der Waals surface area contributed by atoms with Gasteiger partial charge < -0.3 is 0 Å². The van der Waals surface area contributed by atoms with Gasteiger partial charge in [-0.3, -0.25) is 0 Å². The van der Waals surface area contributed by atoms with E-state index < -0.39 is 0 Å². The maximum absolute atomic E-state index is 5.21. The highest BCUT2D eigenvalue weighted by Crippen LogP contribution is 2.26. The molecule has 10 heavy (non-hydrogen) atoms. The SMILES string of the molecule is C#Cc1nc2c(s1)CCC2. The summed E-state index contributed by atoms with van der Waals surface area (Å²) in [6.45, 7) is 0. The predicted molar refractivity (Wildman–Crippen MR) is 42.1 cm³/mol. The van der Waals surface area contributed by atoms with Gasteiger partial charge in [0.05, 0.1) is 5.69 Å². The van der Waals surface area contributed by atoms with Crippen molar-refractivity contribution in [2.45, 2.75) is 19.3 Å². The molecule has 1 nitrogen and oxygen atoms in total. The molecular weight excluding hydrogens is 142 g/mol. The van der Waals surface area contributed by atoms with E-state index in [0.717, 1.165) is 11.4 Å². The van der Waals surface area contributed by atoms with Crippen LogP contribution in [-0.4, -0.2) is 4.98 Å². The Hall–Kier alpha value is -0.810. The number of aromatic nitrogens is 1. The Kier molecular flexibility index (Phi) is 1.25. The van der Waals surface area contributed by atoms with Crippen molar-refractivity contribution in [1.29, 1.82) is 0 Å². The van der Waals surface area contributed by atoms with Crippen LogP contribution >= 0.6 is 11.3 Å². The van der Waals surface area contributed by atoms with E-state index in [1.807, 2.05) is 0 Å². The first kappa shape index (κ1) is 5.94. The summed E-state index contributed by atoms with van der Waals surface area (Å²) in [6.07, 6.45) is 8.79. The molecule has 1 heterocycles. The molecule has 0 unspecified atom stereocenters. The third-order valence-corrected chi connectivity index (χ3v) is 2.81. The molecule has 1 aromatic rings. The van der Waals surface area contributed by atoms with E-state index in [4.69, 9.17) is 6.42 Å². The smallest absolute Gasteiger partial charge is 0.167 e. The van der Waals surface area contributed by atoms with Crippen LogP contribution in [0.25, 0.3) is 0 Å². The standard InChI is InChI=1S/C8H7NS/c1-2-8-9-6-4-3-5-7(6)10-8/h1H,3-5H2. The first-order chi connectivity index (χ1) is 4.90. The molecule has 50 valence electrons. The Morgan fingerprint density at radius 1 is 1.50 bits per heavy atom. The number of thiazole rings is 1. The summed E-state index contributed by atoms with van der Waals surface area (Å²) < 4.78 is 0. The van der Waals surface area contributed by atoms with E-state index in [1.54, 1.807) is 11.3 Å². The molecule has 0 aromatic carbocycles. The quantitative estimate of drug-likeness (QED) is 0.511. The average Bonchev–Trinajstić information content (AvgIpc) is 2.42. The van der Waals surface area contributed by atoms with Gasteiger partial charge in [-0.25, -0.2) is 4.98 Å². The van der Waals surface area contributed by atoms with Crippen LogP contribution in [0.4, 0.5) is 0 Å². The molecule has 2 heteroatoms. The highest BCUT2D eigenvalue weighted by atomic mass is 32.1. The summed E-state index contributed by atoms with van der Waals surface area (Å²) in [5.74, 6) is 2.56. The minimum absolute atomic E-state index is 0.852. The van der Waals surface area contributed by atoms with Crippen LogP contribution in [0.5, 0.6) is 0 Å². The van der Waals surface area contributed by atoms with Crippen LogP contribution in [0.2, 0.25) is 0 Å². The van der Waals surface area contributed by atoms with Crippen LogP contribution in [-0.2, 0) is 12.8 Å². The van der Waals surface area contributed by atoms with Gasteiger partial charge in [0, 0.05) is 4.88 Å². The lowest BCUT2D eigenvalue weighted by Crippen LogP contribution is -1.77. The van der Waals surface area contributed by atoms with Crippen LogP contribution < -0.4 is 0 Å². The molecule has 0 spiro atoms. The fraction of sp³-hybridized carbons (Fsp3) is 0.375. The van der Waals surface area contributed by atoms with Gasteiger partial charge in [0.25, 0.3) is 0 Å². The molecule has 2 rings (SSSR count). The average molecular weight is 149 g/mol. The molecule has 0 saturated carbocycles. The van der Waals surface area contributed by atoms with Gasteiger partial charge in [0.15, 0.2) is 5.01 Å². The fourth-order valence-electron chi connectivity index (χ4n) is 1.25. The fourth-order valence-corrected chi connectivity index (χ4v) is 2.21. The van der Waals surface area contributed by atoms with Gasteiger partial charge in [-0.05, 0) is 25.2 Å². The Morgan fingerprint density at radius 2 is 2.40 bits per heavy atom. The second-order valence-corrected chi connectivity index (χ2v) is 3.47. The molecule has 0 amide bonds. The lowest BCUT2D eigenvalue weighted by Gasteiger charge is -1.80. The molecule has 0 radical (unpaired) electrons. The Balaban J connectivity index is 2.49. The van der Waals surface area contributed by atoms with E-state index in [9.17, 15) is 0 Å². The molecule has 0 saturated heterocycles. The number of rotatable bonds is 0. The van der Waals surface area contributed by atoms with E-state index >= 15 is 0 Å². The molecule has 0 aliphatic heterocycles. The molecule has 1 aliphatic carbocycles. The van der Waals surface area contributed by atoms with E-state index in [0.29, 0.717) is 0 Å². The second-order valence-electron chi connectivity index (χ2n) is 2.39. The summed E-state index contributed by atoms with van der Waals surface area (Å²) >= 11 is 1.67. The van der Waals surface area contributed by atoms with E-state index in [2.05, 4.69) is 10.9 Å². The summed E-state index contributed by atoms with van der Waals surface area (Å²) in [6, 6.07) is 0. The van der Waals surface area contributed by atoms with Crippen LogP contribution in [0, 0.1) is 12.3 Å². The Bertz CT molecular complexity index is 271. The molecule has 0 bridgehead atoms. The number of hydrogen-bond acceptors (Lipinski definition) is 2. The predicted octanol–water partition coefficient (Wildman–Crippen LogP) is 1.61. The molecule has 1 aromatic heterocycles. The van der Waals surface area contributed by atoms with Crippen molar-refractivity contribution in [2.24, 2.45) is 0 Å². The van der Waals surface area contributed by atoms with Gasteiger partial charge >= 0.3 is 0 Å². The van der Waals surface area contributed by atoms with Gasteiger partial charge in [-0.2, -0.15) is 0 Å². The monoisotopic (exact) mass is 149 g/mol. The van der Waals surface area contributed by atoms with Gasteiger partial charge in [0.2, 0.25) is 0 Å². The molecular formula is C8H7NS. The third kappa shape index (κ3) is 0.748. The Labute approximate surface area is 64.1 Å². The third-order valence-electron chi connectivity index (χ3n) is 1.72. The lowest BCUT2D eigenvalue weighted by molar-refractivity contribution is 0.898. The number of fused-ring (bicyclic) bond motifs is 1. The molecule has 0 fully saturated rings. The zero-order valence-corrected chi connectivity index (χ0v) is 6.37. The molecule has 1 aliphatic rings. The van der Waals surface area contributed by atoms with Crippen LogP contribution in [0.3, 0.4) is 0 Å². The second kappa shape index (κ2) is 2.10. The normalized spacial score (nSPS) is 14.7. The maximum atomic E-state index is 5.21. The highest BCUT2D eigenvalue weighted by molar-refractivity contribution is 7.12. The van der Waals surface area contributed by atoms with Crippen molar-refractivity contribution in [3.63, 3.8) is 0 Å². The van der Waals surface area contributed by atoms with Crippen molar-refractivity contribution in [3.8, 4) is 12.3 Å². The summed E-state index contributed by atoms with van der Waals surface area (Å²) in [7, 11) is 0. The lowest BCUT2D eigenvalue weighted by atomic mass is 10.4. The van der Waals surface area contributed by atoms with Crippen molar-refractivity contribution in [3.05, 3.63) is 15.6 Å². The summed E-state index contributed by atoms with van der Waals surface area (Å²) in [4.78, 5) is 5.70. The summed E-state index contributed by atoms with van der Waals surface area (Å²) in [5, 5.41) is 0.852. The largest absolute Gasteiger partial charge is 0.232 e. The first-order valence-electron chi connectivity index (χ1n) is 3.35. The zero-order valence-electron chi connectivity index (χ0n) is 5.55. The molecule has 0 atom stereocenters. The van der Waals surface area contributed by atoms with Gasteiger partial charge in [-0.1, -0.05) is 0 Å².